The van der Waals surface area contributed by atoms with Gasteiger partial charge in [0.1, 0.15) is 0 Å². The van der Waals surface area contributed by atoms with Crippen molar-refractivity contribution >= 4 is 11.6 Å². The molecule has 5 heteroatoms. The van der Waals surface area contributed by atoms with Crippen LogP contribution in [0.4, 0.5) is 0 Å². The standard InChI is InChI=1S/C18H20ClN3O/c19-15-9-13(10-21-11-15)12-4-3-5-14(8-12)18-7-2-1-6-16(18)23-17(20)22-18/h3-5,8-11,16-17,22H,1-2,6-7,20H2/t16-,17?,18-/m1/s1. The van der Waals surface area contributed by atoms with Crippen LogP contribution < -0.4 is 11.1 Å². The largest absolute Gasteiger partial charge is 0.345 e. The van der Waals surface area contributed by atoms with Gasteiger partial charge in [-0.05, 0) is 36.1 Å². The van der Waals surface area contributed by atoms with Gasteiger partial charge in [-0.1, -0.05) is 42.6 Å². The maximum Gasteiger partial charge on any atom is 0.162 e. The summed E-state index contributed by atoms with van der Waals surface area (Å²) in [5.41, 5.74) is 9.20. The van der Waals surface area contributed by atoms with Gasteiger partial charge in [-0.15, -0.1) is 0 Å². The zero-order valence-electron chi connectivity index (χ0n) is 12.8. The van der Waals surface area contributed by atoms with Gasteiger partial charge in [0.2, 0.25) is 0 Å². The predicted octanol–water partition coefficient (Wildman–Crippen LogP) is 3.40. The first-order chi connectivity index (χ1) is 11.2. The quantitative estimate of drug-likeness (QED) is 0.886. The van der Waals surface area contributed by atoms with Crippen LogP contribution in [0.25, 0.3) is 11.1 Å². The van der Waals surface area contributed by atoms with Gasteiger partial charge in [0.15, 0.2) is 6.35 Å². The number of nitrogens with zero attached hydrogens (tertiary/aromatic N) is 1. The van der Waals surface area contributed by atoms with Gasteiger partial charge < -0.3 is 4.74 Å². The Hall–Kier alpha value is -1.46. The molecule has 0 radical (unpaired) electrons. The highest BCUT2D eigenvalue weighted by atomic mass is 35.5. The summed E-state index contributed by atoms with van der Waals surface area (Å²) in [4.78, 5) is 4.19. The minimum atomic E-state index is -0.394. The van der Waals surface area contributed by atoms with E-state index < -0.39 is 6.35 Å². The highest BCUT2D eigenvalue weighted by molar-refractivity contribution is 6.30. The molecule has 4 rings (SSSR count). The zero-order chi connectivity index (χ0) is 15.9. The van der Waals surface area contributed by atoms with Gasteiger partial charge in [0.05, 0.1) is 16.7 Å². The zero-order valence-corrected chi connectivity index (χ0v) is 13.6. The average Bonchev–Trinajstić information content (AvgIpc) is 2.92. The Morgan fingerprint density at radius 3 is 3.00 bits per heavy atom. The van der Waals surface area contributed by atoms with Crippen LogP contribution in [0, 0.1) is 0 Å². The average molecular weight is 330 g/mol. The molecule has 1 aromatic carbocycles. The minimum Gasteiger partial charge on any atom is -0.345 e. The molecule has 1 saturated carbocycles. The number of rotatable bonds is 2. The van der Waals surface area contributed by atoms with Crippen molar-refractivity contribution < 1.29 is 4.74 Å². The molecule has 1 aliphatic heterocycles. The molecular weight excluding hydrogens is 310 g/mol. The normalized spacial score (nSPS) is 30.2. The van der Waals surface area contributed by atoms with Crippen LogP contribution in [-0.4, -0.2) is 17.4 Å². The van der Waals surface area contributed by atoms with E-state index in [2.05, 4.69) is 34.6 Å². The number of benzene rings is 1. The first-order valence-corrected chi connectivity index (χ1v) is 8.45. The van der Waals surface area contributed by atoms with Crippen LogP contribution in [-0.2, 0) is 10.3 Å². The van der Waals surface area contributed by atoms with E-state index in [4.69, 9.17) is 22.1 Å². The van der Waals surface area contributed by atoms with Crippen molar-refractivity contribution in [2.75, 3.05) is 0 Å². The summed E-state index contributed by atoms with van der Waals surface area (Å²) in [6.07, 6.45) is 7.70. The van der Waals surface area contributed by atoms with Crippen LogP contribution in [0.15, 0.2) is 42.7 Å². The number of hydrogen-bond donors (Lipinski definition) is 2. The second-order valence-electron chi connectivity index (χ2n) is 6.38. The topological polar surface area (TPSA) is 60.2 Å². The summed E-state index contributed by atoms with van der Waals surface area (Å²) in [5, 5.41) is 4.13. The van der Waals surface area contributed by atoms with Crippen LogP contribution in [0.2, 0.25) is 5.02 Å². The molecule has 2 heterocycles. The first-order valence-electron chi connectivity index (χ1n) is 8.08. The number of nitrogens with two attached hydrogens (primary N) is 1. The molecule has 3 atom stereocenters. The van der Waals surface area contributed by atoms with Crippen LogP contribution in [0.5, 0.6) is 0 Å². The van der Waals surface area contributed by atoms with Crippen LogP contribution in [0.3, 0.4) is 0 Å². The number of pyridine rings is 1. The fourth-order valence-electron chi connectivity index (χ4n) is 3.91. The van der Waals surface area contributed by atoms with Crippen molar-refractivity contribution in [1.29, 1.82) is 0 Å². The molecule has 0 spiro atoms. The number of ether oxygens (including phenoxy) is 1. The first kappa shape index (κ1) is 15.1. The second kappa shape index (κ2) is 5.87. The lowest BCUT2D eigenvalue weighted by Gasteiger charge is -2.38. The fraction of sp³-hybridized carbons (Fsp3) is 0.389. The number of nitrogens with one attached hydrogen (secondary N) is 1. The minimum absolute atomic E-state index is 0.138. The SMILES string of the molecule is NC1N[C@@]2(c3cccc(-c4cncc(Cl)c4)c3)CCCC[C@H]2O1. The van der Waals surface area contributed by atoms with E-state index in [0.717, 1.165) is 24.0 Å². The van der Waals surface area contributed by atoms with Gasteiger partial charge in [-0.2, -0.15) is 0 Å². The summed E-state index contributed by atoms with van der Waals surface area (Å²) in [6.45, 7) is 0. The van der Waals surface area contributed by atoms with Crippen molar-refractivity contribution in [2.45, 2.75) is 43.7 Å². The molecule has 120 valence electrons. The number of hydrogen-bond acceptors (Lipinski definition) is 4. The maximum absolute atomic E-state index is 6.08. The van der Waals surface area contributed by atoms with Crippen molar-refractivity contribution in [3.05, 3.63) is 53.3 Å². The molecule has 0 amide bonds. The molecule has 2 fully saturated rings. The Balaban J connectivity index is 1.76. The Kier molecular flexibility index (Phi) is 3.85. The van der Waals surface area contributed by atoms with E-state index in [1.165, 1.54) is 18.4 Å². The molecule has 4 nitrogen and oxygen atoms in total. The Morgan fingerprint density at radius 1 is 1.22 bits per heavy atom. The second-order valence-corrected chi connectivity index (χ2v) is 6.82. The number of aromatic nitrogens is 1. The van der Waals surface area contributed by atoms with E-state index in [1.807, 2.05) is 12.3 Å². The van der Waals surface area contributed by atoms with Gasteiger partial charge >= 0.3 is 0 Å². The van der Waals surface area contributed by atoms with Crippen LogP contribution >= 0.6 is 11.6 Å². The van der Waals surface area contributed by atoms with Crippen molar-refractivity contribution in [2.24, 2.45) is 5.73 Å². The molecule has 1 aliphatic carbocycles. The van der Waals surface area contributed by atoms with E-state index in [0.29, 0.717) is 5.02 Å². The highest BCUT2D eigenvalue weighted by Crippen LogP contribution is 2.43. The number of fused-ring (bicyclic) bond motifs is 1. The molecule has 2 aliphatic rings. The lowest BCUT2D eigenvalue weighted by atomic mass is 9.74. The predicted molar refractivity (Wildman–Crippen MR) is 90.8 cm³/mol. The molecule has 1 aromatic heterocycles. The fourth-order valence-corrected chi connectivity index (χ4v) is 4.09. The maximum atomic E-state index is 6.08. The molecule has 1 saturated heterocycles. The summed E-state index contributed by atoms with van der Waals surface area (Å²) in [6, 6.07) is 10.5. The van der Waals surface area contributed by atoms with Crippen LogP contribution in [0.1, 0.15) is 31.2 Å². The van der Waals surface area contributed by atoms with Crippen molar-refractivity contribution in [3.8, 4) is 11.1 Å². The van der Waals surface area contributed by atoms with Gasteiger partial charge in [0.25, 0.3) is 0 Å². The van der Waals surface area contributed by atoms with Gasteiger partial charge in [-0.3, -0.25) is 16.0 Å². The third kappa shape index (κ3) is 2.66. The summed E-state index contributed by atoms with van der Waals surface area (Å²) < 4.78 is 5.92. The number of halogens is 1. The smallest absolute Gasteiger partial charge is 0.162 e. The van der Waals surface area contributed by atoms with E-state index in [9.17, 15) is 0 Å². The molecule has 1 unspecified atom stereocenters. The Morgan fingerprint density at radius 2 is 2.13 bits per heavy atom. The molecular formula is C18H20ClN3O. The third-order valence-electron chi connectivity index (χ3n) is 4.96. The molecule has 3 N–H and O–H groups in total. The van der Waals surface area contributed by atoms with E-state index in [1.54, 1.807) is 6.20 Å². The monoisotopic (exact) mass is 329 g/mol. The van der Waals surface area contributed by atoms with E-state index >= 15 is 0 Å². The van der Waals surface area contributed by atoms with E-state index in [-0.39, 0.29) is 11.6 Å². The summed E-state index contributed by atoms with van der Waals surface area (Å²) in [5.74, 6) is 0. The Bertz CT molecular complexity index is 723. The van der Waals surface area contributed by atoms with Gasteiger partial charge in [-0.25, -0.2) is 0 Å². The third-order valence-corrected chi connectivity index (χ3v) is 5.17. The van der Waals surface area contributed by atoms with Crippen molar-refractivity contribution in [3.63, 3.8) is 0 Å². The molecule has 2 aromatic rings. The Labute approximate surface area is 141 Å². The molecule has 0 bridgehead atoms. The highest BCUT2D eigenvalue weighted by Gasteiger charge is 2.49. The molecule has 23 heavy (non-hydrogen) atoms. The summed E-state index contributed by atoms with van der Waals surface area (Å²) in [7, 11) is 0. The van der Waals surface area contributed by atoms with Gasteiger partial charge in [0, 0.05) is 18.0 Å². The van der Waals surface area contributed by atoms with Crippen molar-refractivity contribution in [1.82, 2.24) is 10.3 Å². The lowest BCUT2D eigenvalue weighted by molar-refractivity contribution is 0.0124. The lowest BCUT2D eigenvalue weighted by Crippen LogP contribution is -2.49. The summed E-state index contributed by atoms with van der Waals surface area (Å²) >= 11 is 6.08.